The topological polar surface area (TPSA) is 127 Å². The monoisotopic (exact) mass is 399 g/mol. The van der Waals surface area contributed by atoms with Crippen LogP contribution in [-0.2, 0) is 9.59 Å². The summed E-state index contributed by atoms with van der Waals surface area (Å²) in [6.45, 7) is 5.92. The van der Waals surface area contributed by atoms with Gasteiger partial charge in [0.05, 0.1) is 11.0 Å². The van der Waals surface area contributed by atoms with Crippen molar-refractivity contribution < 1.29 is 14.4 Å². The van der Waals surface area contributed by atoms with Crippen LogP contribution >= 0.6 is 0 Å². The number of benzene rings is 1. The zero-order valence-corrected chi connectivity index (χ0v) is 16.7. The average molecular weight is 399 g/mol. The molecular weight excluding hydrogens is 374 g/mol. The van der Waals surface area contributed by atoms with Crippen molar-refractivity contribution in [2.45, 2.75) is 45.6 Å². The number of nitrogens with zero attached hydrogens (tertiary/aromatic N) is 1. The lowest BCUT2D eigenvalue weighted by Crippen LogP contribution is -2.54. The number of hydrogen-bond acceptors (Lipinski definition) is 4. The van der Waals surface area contributed by atoms with Crippen molar-refractivity contribution in [1.82, 2.24) is 20.2 Å². The van der Waals surface area contributed by atoms with Gasteiger partial charge in [-0.05, 0) is 48.8 Å². The normalized spacial score (nSPS) is 26.2. The predicted molar refractivity (Wildman–Crippen MR) is 107 cm³/mol. The number of aromatic amines is 2. The molecule has 1 aliphatic heterocycles. The van der Waals surface area contributed by atoms with Gasteiger partial charge in [-0.1, -0.05) is 20.8 Å². The van der Waals surface area contributed by atoms with Gasteiger partial charge in [-0.2, -0.15) is 0 Å². The van der Waals surface area contributed by atoms with E-state index in [0.29, 0.717) is 35.5 Å². The molecule has 1 aromatic heterocycles. The third kappa shape index (κ3) is 3.52. The van der Waals surface area contributed by atoms with Gasteiger partial charge < -0.3 is 20.6 Å². The Hall–Kier alpha value is -3.10. The van der Waals surface area contributed by atoms with E-state index in [1.54, 1.807) is 18.2 Å². The summed E-state index contributed by atoms with van der Waals surface area (Å²) in [6, 6.07) is 4.39. The van der Waals surface area contributed by atoms with Crippen molar-refractivity contribution in [1.29, 1.82) is 0 Å². The Morgan fingerprint density at radius 3 is 2.62 bits per heavy atom. The molecule has 1 aromatic carbocycles. The van der Waals surface area contributed by atoms with Gasteiger partial charge in [-0.3, -0.25) is 14.5 Å². The van der Waals surface area contributed by atoms with E-state index in [2.05, 4.69) is 41.4 Å². The van der Waals surface area contributed by atoms with Gasteiger partial charge in [-0.15, -0.1) is 0 Å². The van der Waals surface area contributed by atoms with Crippen molar-refractivity contribution >= 4 is 34.6 Å². The molecule has 9 nitrogen and oxygen atoms in total. The molecule has 4 rings (SSSR count). The summed E-state index contributed by atoms with van der Waals surface area (Å²) in [6.07, 6.45) is 2.13. The number of carbonyl (C=O) groups excluding carboxylic acids is 3. The van der Waals surface area contributed by atoms with Crippen LogP contribution in [0.15, 0.2) is 23.0 Å². The summed E-state index contributed by atoms with van der Waals surface area (Å²) in [5.74, 6) is -0.513. The number of aromatic nitrogens is 2. The molecule has 9 heteroatoms. The predicted octanol–water partition coefficient (Wildman–Crippen LogP) is 1.93. The Kier molecular flexibility index (Phi) is 4.29. The maximum Gasteiger partial charge on any atom is 0.325 e. The first-order chi connectivity index (χ1) is 13.6. The summed E-state index contributed by atoms with van der Waals surface area (Å²) >= 11 is 0. The van der Waals surface area contributed by atoms with Crippen molar-refractivity contribution in [2.24, 2.45) is 11.3 Å². The fraction of sp³-hybridized carbons (Fsp3) is 0.500. The molecule has 2 atom stereocenters. The molecule has 0 bridgehead atoms. The molecule has 1 spiro atoms. The number of carbonyl (C=O) groups is 3. The van der Waals surface area contributed by atoms with Gasteiger partial charge in [0.2, 0.25) is 5.91 Å². The fourth-order valence-corrected chi connectivity index (χ4v) is 5.10. The third-order valence-electron chi connectivity index (χ3n) is 5.73. The summed E-state index contributed by atoms with van der Waals surface area (Å²) in [4.78, 5) is 55.7. The number of hydrogen-bond donors (Lipinski definition) is 4. The number of amides is 4. The summed E-state index contributed by atoms with van der Waals surface area (Å²) < 4.78 is 0. The van der Waals surface area contributed by atoms with Crippen molar-refractivity contribution in [3.05, 3.63) is 28.7 Å². The number of H-pyrrole nitrogens is 2. The van der Waals surface area contributed by atoms with Crippen LogP contribution in [-0.4, -0.2) is 44.8 Å². The molecule has 4 N–H and O–H groups in total. The van der Waals surface area contributed by atoms with E-state index in [1.165, 1.54) is 0 Å². The van der Waals surface area contributed by atoms with Crippen LogP contribution < -0.4 is 16.3 Å². The Morgan fingerprint density at radius 1 is 1.17 bits per heavy atom. The van der Waals surface area contributed by atoms with Crippen molar-refractivity contribution in [3.63, 3.8) is 0 Å². The van der Waals surface area contributed by atoms with E-state index in [0.717, 1.165) is 11.3 Å². The van der Waals surface area contributed by atoms with Crippen LogP contribution in [0.1, 0.15) is 40.0 Å². The second-order valence-corrected chi connectivity index (χ2v) is 9.15. The number of rotatable bonds is 3. The van der Waals surface area contributed by atoms with Crippen molar-refractivity contribution in [2.75, 3.05) is 11.9 Å². The van der Waals surface area contributed by atoms with E-state index >= 15 is 0 Å². The Balaban J connectivity index is 1.48. The molecule has 2 aliphatic rings. The first-order valence-electron chi connectivity index (χ1n) is 9.73. The first-order valence-corrected chi connectivity index (χ1v) is 9.73. The van der Waals surface area contributed by atoms with Gasteiger partial charge in [0.1, 0.15) is 12.1 Å². The van der Waals surface area contributed by atoms with E-state index < -0.39 is 17.5 Å². The highest BCUT2D eigenvalue weighted by Crippen LogP contribution is 2.46. The van der Waals surface area contributed by atoms with Gasteiger partial charge >= 0.3 is 11.7 Å². The van der Waals surface area contributed by atoms with Crippen LogP contribution in [0, 0.1) is 11.3 Å². The van der Waals surface area contributed by atoms with E-state index in [9.17, 15) is 19.2 Å². The van der Waals surface area contributed by atoms with Crippen LogP contribution in [0.25, 0.3) is 11.0 Å². The molecule has 1 aliphatic carbocycles. The Labute approximate surface area is 167 Å². The van der Waals surface area contributed by atoms with Crippen LogP contribution in [0.2, 0.25) is 0 Å². The molecular formula is C20H25N5O4. The van der Waals surface area contributed by atoms with Crippen LogP contribution in [0.5, 0.6) is 0 Å². The number of anilines is 1. The molecule has 1 saturated heterocycles. The van der Waals surface area contributed by atoms with Gasteiger partial charge in [0, 0.05) is 5.69 Å². The molecule has 2 aromatic rings. The van der Waals surface area contributed by atoms with Crippen LogP contribution in [0.3, 0.4) is 0 Å². The highest BCUT2D eigenvalue weighted by atomic mass is 16.2. The summed E-state index contributed by atoms with van der Waals surface area (Å²) in [5, 5.41) is 5.54. The Morgan fingerprint density at radius 2 is 1.90 bits per heavy atom. The molecule has 2 fully saturated rings. The second kappa shape index (κ2) is 6.47. The summed E-state index contributed by atoms with van der Waals surface area (Å²) in [5.41, 5.74) is 0.312. The number of nitrogens with one attached hydrogen (secondary N) is 4. The standard InChI is InChI=1S/C20H25N5O4/c1-11-7-19(2,3)10-20(8-11)16(27)25(18(29)24-20)9-15(26)21-12-4-5-13-14(6-12)23-17(28)22-13/h4-6,11H,7-10H2,1-3H3,(H,21,26)(H,24,29)(H2,22,23,28)/t11-,20+/m1/s1. The number of imidazole rings is 1. The lowest BCUT2D eigenvalue weighted by molar-refractivity contribution is -0.136. The maximum absolute atomic E-state index is 13.1. The zero-order chi connectivity index (χ0) is 21.0. The van der Waals surface area contributed by atoms with Crippen LogP contribution in [0.4, 0.5) is 10.5 Å². The van der Waals surface area contributed by atoms with E-state index in [-0.39, 0.29) is 23.6 Å². The molecule has 0 unspecified atom stereocenters. The lowest BCUT2D eigenvalue weighted by atomic mass is 9.64. The number of fused-ring (bicyclic) bond motifs is 1. The van der Waals surface area contributed by atoms with Gasteiger partial charge in [0.25, 0.3) is 5.91 Å². The largest absolute Gasteiger partial charge is 0.325 e. The Bertz CT molecular complexity index is 1070. The second-order valence-electron chi connectivity index (χ2n) is 9.15. The fourth-order valence-electron chi connectivity index (χ4n) is 5.10. The molecule has 0 radical (unpaired) electrons. The highest BCUT2D eigenvalue weighted by molar-refractivity contribution is 6.10. The van der Waals surface area contributed by atoms with Crippen molar-refractivity contribution in [3.8, 4) is 0 Å². The van der Waals surface area contributed by atoms with Gasteiger partial charge in [-0.25, -0.2) is 9.59 Å². The molecule has 4 amide bonds. The average Bonchev–Trinajstić information content (AvgIpc) is 3.04. The molecule has 1 saturated carbocycles. The number of imide groups is 1. The molecule has 154 valence electrons. The minimum atomic E-state index is -0.929. The van der Waals surface area contributed by atoms with E-state index in [4.69, 9.17) is 0 Å². The maximum atomic E-state index is 13.1. The summed E-state index contributed by atoms with van der Waals surface area (Å²) in [7, 11) is 0. The highest BCUT2D eigenvalue weighted by Gasteiger charge is 2.56. The third-order valence-corrected chi connectivity index (χ3v) is 5.73. The number of urea groups is 1. The molecule has 2 heterocycles. The minimum Gasteiger partial charge on any atom is -0.324 e. The lowest BCUT2D eigenvalue weighted by Gasteiger charge is -2.43. The smallest absolute Gasteiger partial charge is 0.324 e. The quantitative estimate of drug-likeness (QED) is 0.588. The molecule has 29 heavy (non-hydrogen) atoms. The minimum absolute atomic E-state index is 0.0677. The SMILES string of the molecule is C[C@@H]1CC(C)(C)C[C@]2(C1)NC(=O)N(CC(=O)Nc1ccc3[nH]c(=O)[nH]c3c1)C2=O. The van der Waals surface area contributed by atoms with E-state index in [1.807, 2.05) is 0 Å². The van der Waals surface area contributed by atoms with Gasteiger partial charge in [0.15, 0.2) is 0 Å². The zero-order valence-electron chi connectivity index (χ0n) is 16.7. The first kappa shape index (κ1) is 19.2.